The molecule has 0 N–H and O–H groups in total. The van der Waals surface area contributed by atoms with Gasteiger partial charge in [0.15, 0.2) is 6.29 Å². The fraction of sp³-hybridized carbons (Fsp3) is 0.636. The van der Waals surface area contributed by atoms with Gasteiger partial charge in [0.1, 0.15) is 11.6 Å². The lowest BCUT2D eigenvalue weighted by Crippen LogP contribution is -2.15. The first kappa shape index (κ1) is 11.3. The molecule has 0 unspecified atom stereocenters. The molecule has 0 aromatic carbocycles. The first-order valence-corrected chi connectivity index (χ1v) is 5.47. The second-order valence-electron chi connectivity index (χ2n) is 3.87. The molecular formula is C11H16N2O3. The first-order valence-electron chi connectivity index (χ1n) is 5.47. The zero-order valence-corrected chi connectivity index (χ0v) is 9.39. The molecule has 1 saturated heterocycles. The Morgan fingerprint density at radius 1 is 1.56 bits per heavy atom. The average Bonchev–Trinajstić information content (AvgIpc) is 2.87. The van der Waals surface area contributed by atoms with Crippen LogP contribution in [0.25, 0.3) is 0 Å². The highest BCUT2D eigenvalue weighted by Crippen LogP contribution is 2.10. The van der Waals surface area contributed by atoms with Crippen LogP contribution in [0.15, 0.2) is 12.4 Å². The number of nitrogens with zero attached hydrogens (tertiary/aromatic N) is 2. The third-order valence-electron chi connectivity index (χ3n) is 2.63. The van der Waals surface area contributed by atoms with Crippen LogP contribution >= 0.6 is 0 Å². The lowest BCUT2D eigenvalue weighted by atomic mass is 10.1. The van der Waals surface area contributed by atoms with Crippen LogP contribution in [0.4, 0.5) is 0 Å². The Hall–Kier alpha value is -1.20. The van der Waals surface area contributed by atoms with Crippen molar-refractivity contribution in [2.24, 2.45) is 7.05 Å². The van der Waals surface area contributed by atoms with Crippen molar-refractivity contribution in [3.63, 3.8) is 0 Å². The van der Waals surface area contributed by atoms with Crippen molar-refractivity contribution in [2.75, 3.05) is 13.2 Å². The molecule has 5 nitrogen and oxygen atoms in total. The zero-order valence-electron chi connectivity index (χ0n) is 9.39. The van der Waals surface area contributed by atoms with E-state index < -0.39 is 0 Å². The monoisotopic (exact) mass is 224 g/mol. The van der Waals surface area contributed by atoms with E-state index in [-0.39, 0.29) is 12.1 Å². The number of hydrogen-bond acceptors (Lipinski definition) is 4. The first-order chi connectivity index (χ1) is 7.75. The van der Waals surface area contributed by atoms with Crippen LogP contribution in [0.2, 0.25) is 0 Å². The minimum Gasteiger partial charge on any atom is -0.350 e. The molecule has 2 heterocycles. The molecule has 1 aliphatic heterocycles. The van der Waals surface area contributed by atoms with E-state index in [2.05, 4.69) is 4.98 Å². The van der Waals surface area contributed by atoms with E-state index in [1.54, 1.807) is 6.20 Å². The van der Waals surface area contributed by atoms with Gasteiger partial charge in [0.05, 0.1) is 19.6 Å². The molecule has 0 aliphatic carbocycles. The fourth-order valence-electron chi connectivity index (χ4n) is 1.70. The lowest BCUT2D eigenvalue weighted by Gasteiger charge is -2.07. The highest BCUT2D eigenvalue weighted by molar-refractivity contribution is 5.78. The summed E-state index contributed by atoms with van der Waals surface area (Å²) >= 11 is 0. The van der Waals surface area contributed by atoms with Gasteiger partial charge in [-0.05, 0) is 0 Å². The van der Waals surface area contributed by atoms with Crippen LogP contribution in [0, 0.1) is 0 Å². The van der Waals surface area contributed by atoms with Crippen LogP contribution in [0.3, 0.4) is 0 Å². The van der Waals surface area contributed by atoms with Crippen molar-refractivity contribution in [1.29, 1.82) is 0 Å². The predicted molar refractivity (Wildman–Crippen MR) is 56.8 cm³/mol. The maximum Gasteiger partial charge on any atom is 0.164 e. The highest BCUT2D eigenvalue weighted by atomic mass is 16.7. The van der Waals surface area contributed by atoms with Gasteiger partial charge in [-0.3, -0.25) is 4.79 Å². The molecule has 88 valence electrons. The summed E-state index contributed by atoms with van der Waals surface area (Å²) in [4.78, 5) is 15.8. The van der Waals surface area contributed by atoms with E-state index in [0.29, 0.717) is 32.5 Å². The van der Waals surface area contributed by atoms with E-state index in [9.17, 15) is 4.79 Å². The Kier molecular flexibility index (Phi) is 3.69. The molecule has 1 aliphatic rings. The average molecular weight is 224 g/mol. The van der Waals surface area contributed by atoms with Crippen molar-refractivity contribution in [2.45, 2.75) is 25.6 Å². The van der Waals surface area contributed by atoms with Gasteiger partial charge in [0.2, 0.25) is 0 Å². The van der Waals surface area contributed by atoms with Gasteiger partial charge in [-0.2, -0.15) is 0 Å². The van der Waals surface area contributed by atoms with Crippen LogP contribution in [0.1, 0.15) is 18.7 Å². The van der Waals surface area contributed by atoms with Crippen LogP contribution in [-0.4, -0.2) is 34.8 Å². The largest absolute Gasteiger partial charge is 0.350 e. The van der Waals surface area contributed by atoms with Gasteiger partial charge >= 0.3 is 0 Å². The molecule has 1 aromatic heterocycles. The molecule has 1 aromatic rings. The summed E-state index contributed by atoms with van der Waals surface area (Å²) in [5.74, 6) is 1.09. The van der Waals surface area contributed by atoms with Crippen molar-refractivity contribution in [1.82, 2.24) is 9.55 Å². The molecule has 0 radical (unpaired) electrons. The third-order valence-corrected chi connectivity index (χ3v) is 2.63. The quantitative estimate of drug-likeness (QED) is 0.738. The number of hydrogen-bond donors (Lipinski definition) is 0. The van der Waals surface area contributed by atoms with Crippen LogP contribution in [-0.2, 0) is 27.7 Å². The molecule has 2 rings (SSSR count). The predicted octanol–water partition coefficient (Wildman–Crippen LogP) is 0.685. The van der Waals surface area contributed by atoms with Crippen molar-refractivity contribution >= 4 is 5.78 Å². The lowest BCUT2D eigenvalue weighted by molar-refractivity contribution is -0.127. The molecule has 16 heavy (non-hydrogen) atoms. The normalized spacial score (nSPS) is 16.8. The van der Waals surface area contributed by atoms with Gasteiger partial charge < -0.3 is 14.0 Å². The summed E-state index contributed by atoms with van der Waals surface area (Å²) in [5.41, 5.74) is 0. The second-order valence-corrected chi connectivity index (χ2v) is 3.87. The Labute approximate surface area is 94.4 Å². The van der Waals surface area contributed by atoms with E-state index in [1.807, 2.05) is 17.8 Å². The topological polar surface area (TPSA) is 53.4 Å². The van der Waals surface area contributed by atoms with Crippen LogP contribution in [0.5, 0.6) is 0 Å². The highest BCUT2D eigenvalue weighted by Gasteiger charge is 2.19. The van der Waals surface area contributed by atoms with Gasteiger partial charge in [-0.25, -0.2) is 4.98 Å². The van der Waals surface area contributed by atoms with Crippen molar-refractivity contribution in [3.05, 3.63) is 18.2 Å². The maximum atomic E-state index is 11.6. The van der Waals surface area contributed by atoms with Gasteiger partial charge in [0, 0.05) is 32.3 Å². The summed E-state index contributed by atoms with van der Waals surface area (Å²) < 4.78 is 12.4. The number of imidazole rings is 1. The Balaban J connectivity index is 1.73. The van der Waals surface area contributed by atoms with Gasteiger partial charge in [-0.1, -0.05) is 0 Å². The molecule has 0 bridgehead atoms. The molecule has 5 heteroatoms. The second kappa shape index (κ2) is 5.23. The number of aryl methyl sites for hydroxylation is 2. The van der Waals surface area contributed by atoms with Crippen molar-refractivity contribution < 1.29 is 14.3 Å². The smallest absolute Gasteiger partial charge is 0.164 e. The Morgan fingerprint density at radius 2 is 2.31 bits per heavy atom. The molecule has 0 atom stereocenters. The number of carbonyl (C=O) groups excluding carboxylic acids is 1. The maximum absolute atomic E-state index is 11.6. The summed E-state index contributed by atoms with van der Waals surface area (Å²) in [5, 5.41) is 0. The fourth-order valence-corrected chi connectivity index (χ4v) is 1.70. The zero-order chi connectivity index (χ0) is 11.4. The molecule has 1 fully saturated rings. The summed E-state index contributed by atoms with van der Waals surface area (Å²) in [6, 6.07) is 0. The molecule has 0 amide bonds. The number of ether oxygens (including phenoxy) is 2. The van der Waals surface area contributed by atoms with E-state index in [0.717, 1.165) is 5.82 Å². The molecule has 0 spiro atoms. The minimum absolute atomic E-state index is 0.162. The van der Waals surface area contributed by atoms with Crippen LogP contribution < -0.4 is 0 Å². The summed E-state index contributed by atoms with van der Waals surface area (Å²) in [7, 11) is 1.93. The summed E-state index contributed by atoms with van der Waals surface area (Å²) in [6.45, 7) is 1.19. The molecular weight excluding hydrogens is 208 g/mol. The van der Waals surface area contributed by atoms with Gasteiger partial charge in [0.25, 0.3) is 0 Å². The number of ketones is 1. The standard InChI is InChI=1S/C11H16N2O3/c1-13-5-4-12-10(13)3-2-9(14)8-11-15-6-7-16-11/h4-5,11H,2-3,6-8H2,1H3. The Bertz CT molecular complexity index is 356. The minimum atomic E-state index is -0.325. The SMILES string of the molecule is Cn1ccnc1CCC(=O)CC1OCCO1. The van der Waals surface area contributed by atoms with E-state index >= 15 is 0 Å². The number of carbonyl (C=O) groups is 1. The van der Waals surface area contributed by atoms with E-state index in [1.165, 1.54) is 0 Å². The summed E-state index contributed by atoms with van der Waals surface area (Å²) in [6.07, 6.45) is 4.81. The van der Waals surface area contributed by atoms with Gasteiger partial charge in [-0.15, -0.1) is 0 Å². The van der Waals surface area contributed by atoms with E-state index in [4.69, 9.17) is 9.47 Å². The number of aromatic nitrogens is 2. The van der Waals surface area contributed by atoms with Crippen molar-refractivity contribution in [3.8, 4) is 0 Å². The number of Topliss-reactive ketones (excluding diaryl/α,β-unsaturated/α-hetero) is 1. The number of rotatable bonds is 5. The molecule has 0 saturated carbocycles. The third kappa shape index (κ3) is 2.90. The Morgan fingerprint density at radius 3 is 2.94 bits per heavy atom.